The van der Waals surface area contributed by atoms with Gasteiger partial charge in [0.1, 0.15) is 0 Å². The van der Waals surface area contributed by atoms with Crippen LogP contribution in [0.25, 0.3) is 5.69 Å². The lowest BCUT2D eigenvalue weighted by Gasteiger charge is -2.03. The Kier molecular flexibility index (Phi) is 1.85. The molecule has 0 saturated carbocycles. The van der Waals surface area contributed by atoms with Crippen molar-refractivity contribution < 1.29 is 1.37 Å². The molecule has 0 atom stereocenters. The van der Waals surface area contributed by atoms with Gasteiger partial charge < -0.3 is 0 Å². The largest absolute Gasteiger partial charge is 0.271 e. The minimum atomic E-state index is -0.396. The zero-order chi connectivity index (χ0) is 10.8. The molecule has 3 nitrogen and oxygen atoms in total. The molecule has 0 amide bonds. The molecular formula is C11H10N2O. The van der Waals surface area contributed by atoms with Crippen molar-refractivity contribution in [2.24, 2.45) is 0 Å². The summed E-state index contributed by atoms with van der Waals surface area (Å²) in [4.78, 5) is 11.6. The fraction of sp³-hybridized carbons (Fsp3) is 0.0909. The molecule has 0 bridgehead atoms. The number of hydrogen-bond acceptors (Lipinski definition) is 2. The Morgan fingerprint density at radius 1 is 1.29 bits per heavy atom. The predicted octanol–water partition coefficient (Wildman–Crippen LogP) is 1.54. The van der Waals surface area contributed by atoms with E-state index >= 15 is 0 Å². The highest BCUT2D eigenvalue weighted by atomic mass is 16.1. The molecule has 0 fully saturated rings. The zero-order valence-corrected chi connectivity index (χ0v) is 7.77. The number of rotatable bonds is 1. The van der Waals surface area contributed by atoms with E-state index in [1.165, 1.54) is 10.7 Å². The molecule has 0 aliphatic heterocycles. The second-order valence-electron chi connectivity index (χ2n) is 2.98. The lowest BCUT2D eigenvalue weighted by molar-refractivity contribution is 0.785. The Labute approximate surface area is 83.0 Å². The molecule has 1 aromatic heterocycles. The molecule has 0 spiro atoms. The van der Waals surface area contributed by atoms with Gasteiger partial charge >= 0.3 is 0 Å². The normalized spacial score (nSPS) is 11.1. The summed E-state index contributed by atoms with van der Waals surface area (Å²) >= 11 is 0. The van der Waals surface area contributed by atoms with Crippen LogP contribution >= 0.6 is 0 Å². The molecule has 70 valence electrons. The van der Waals surface area contributed by atoms with Gasteiger partial charge in [-0.25, -0.2) is 0 Å². The summed E-state index contributed by atoms with van der Waals surface area (Å²) in [7, 11) is 0. The van der Waals surface area contributed by atoms with Crippen LogP contribution in [-0.4, -0.2) is 9.78 Å². The second-order valence-corrected chi connectivity index (χ2v) is 2.98. The minimum absolute atomic E-state index is 0.0358. The first-order valence-electron chi connectivity index (χ1n) is 4.81. The van der Waals surface area contributed by atoms with E-state index in [4.69, 9.17) is 1.37 Å². The van der Waals surface area contributed by atoms with E-state index in [0.29, 0.717) is 11.4 Å². The van der Waals surface area contributed by atoms with Crippen LogP contribution in [0.5, 0.6) is 0 Å². The van der Waals surface area contributed by atoms with Gasteiger partial charge in [-0.1, -0.05) is 18.2 Å². The van der Waals surface area contributed by atoms with Gasteiger partial charge in [0.25, 0.3) is 5.56 Å². The van der Waals surface area contributed by atoms with Gasteiger partial charge in [0, 0.05) is 6.04 Å². The fourth-order valence-electron chi connectivity index (χ4n) is 1.20. The van der Waals surface area contributed by atoms with Crippen molar-refractivity contribution in [2.45, 2.75) is 6.92 Å². The van der Waals surface area contributed by atoms with Crippen molar-refractivity contribution >= 4 is 0 Å². The lowest BCUT2D eigenvalue weighted by Crippen LogP contribution is -2.20. The van der Waals surface area contributed by atoms with Crippen LogP contribution in [0.4, 0.5) is 0 Å². The highest BCUT2D eigenvalue weighted by molar-refractivity contribution is 5.29. The molecule has 0 aliphatic carbocycles. The standard InChI is InChI=1S/C11H10N2O/c1-9-7-8-11(14)13(12-9)10-5-3-2-4-6-10/h2-8H,1H3/i8D. The lowest BCUT2D eigenvalue weighted by atomic mass is 10.3. The Morgan fingerprint density at radius 2 is 2.00 bits per heavy atom. The Balaban J connectivity index is 2.69. The van der Waals surface area contributed by atoms with Gasteiger partial charge in [-0.3, -0.25) is 4.79 Å². The SMILES string of the molecule is [2H]c1cc(C)nn(-c2ccccc2)c1=O. The molecule has 14 heavy (non-hydrogen) atoms. The topological polar surface area (TPSA) is 34.9 Å². The summed E-state index contributed by atoms with van der Waals surface area (Å²) in [6, 6.07) is 10.5. The third kappa shape index (κ3) is 1.57. The first kappa shape index (κ1) is 7.50. The first-order chi connectivity index (χ1) is 7.18. The minimum Gasteiger partial charge on any atom is -0.267 e. The number of para-hydroxylation sites is 1. The van der Waals surface area contributed by atoms with Gasteiger partial charge in [-0.15, -0.1) is 0 Å². The maximum Gasteiger partial charge on any atom is 0.271 e. The summed E-state index contributed by atoms with van der Waals surface area (Å²) in [6.07, 6.45) is 0. The second kappa shape index (κ2) is 3.46. The zero-order valence-electron chi connectivity index (χ0n) is 8.77. The van der Waals surface area contributed by atoms with Crippen molar-refractivity contribution in [3.63, 3.8) is 0 Å². The maximum atomic E-state index is 11.6. The third-order valence-corrected chi connectivity index (χ3v) is 1.86. The van der Waals surface area contributed by atoms with E-state index < -0.39 is 5.56 Å². The van der Waals surface area contributed by atoms with E-state index in [2.05, 4.69) is 5.10 Å². The van der Waals surface area contributed by atoms with Gasteiger partial charge in [-0.05, 0) is 25.1 Å². The van der Waals surface area contributed by atoms with Crippen LogP contribution in [-0.2, 0) is 0 Å². The molecule has 0 radical (unpaired) electrons. The highest BCUT2D eigenvalue weighted by Gasteiger charge is 1.98. The fourth-order valence-corrected chi connectivity index (χ4v) is 1.20. The highest BCUT2D eigenvalue weighted by Crippen LogP contribution is 2.01. The molecule has 0 N–H and O–H groups in total. The molecule has 2 rings (SSSR count). The van der Waals surface area contributed by atoms with E-state index in [9.17, 15) is 4.79 Å². The van der Waals surface area contributed by atoms with Crippen LogP contribution < -0.4 is 5.56 Å². The van der Waals surface area contributed by atoms with Gasteiger partial charge in [0.15, 0.2) is 0 Å². The van der Waals surface area contributed by atoms with Crippen molar-refractivity contribution in [2.75, 3.05) is 0 Å². The molecule has 0 unspecified atom stereocenters. The number of hydrogen-bond donors (Lipinski definition) is 0. The Hall–Kier alpha value is -1.90. The quantitative estimate of drug-likeness (QED) is 0.678. The summed E-state index contributed by atoms with van der Waals surface area (Å²) in [5, 5.41) is 4.09. The Bertz CT molecular complexity index is 534. The van der Waals surface area contributed by atoms with E-state index in [-0.39, 0.29) is 6.04 Å². The molecule has 1 aromatic carbocycles. The van der Waals surface area contributed by atoms with E-state index in [1.54, 1.807) is 19.1 Å². The van der Waals surface area contributed by atoms with Crippen LogP contribution in [0.2, 0.25) is 0 Å². The maximum absolute atomic E-state index is 11.6. The number of nitrogens with zero attached hydrogens (tertiary/aromatic N) is 2. The molecule has 2 aromatic rings. The Morgan fingerprint density at radius 3 is 2.71 bits per heavy atom. The van der Waals surface area contributed by atoms with Crippen LogP contribution in [0.15, 0.2) is 47.2 Å². The summed E-state index contributed by atoms with van der Waals surface area (Å²) < 4.78 is 8.72. The van der Waals surface area contributed by atoms with Crippen molar-refractivity contribution in [3.8, 4) is 5.69 Å². The first-order valence-corrected chi connectivity index (χ1v) is 4.31. The molecular weight excluding hydrogens is 176 g/mol. The van der Waals surface area contributed by atoms with Gasteiger partial charge in [0.2, 0.25) is 0 Å². The summed E-state index contributed by atoms with van der Waals surface area (Å²) in [6.45, 7) is 1.76. The monoisotopic (exact) mass is 187 g/mol. The third-order valence-electron chi connectivity index (χ3n) is 1.86. The van der Waals surface area contributed by atoms with Crippen molar-refractivity contribution in [1.82, 2.24) is 9.78 Å². The van der Waals surface area contributed by atoms with Crippen LogP contribution in [0.3, 0.4) is 0 Å². The smallest absolute Gasteiger partial charge is 0.267 e. The summed E-state index contributed by atoms with van der Waals surface area (Å²) in [5.41, 5.74) is 0.940. The van der Waals surface area contributed by atoms with E-state index in [1.807, 2.05) is 18.2 Å². The van der Waals surface area contributed by atoms with Crippen molar-refractivity contribution in [1.29, 1.82) is 0 Å². The average molecular weight is 187 g/mol. The number of aromatic nitrogens is 2. The van der Waals surface area contributed by atoms with Crippen LogP contribution in [0.1, 0.15) is 7.06 Å². The summed E-state index contributed by atoms with van der Waals surface area (Å²) in [5.74, 6) is 0. The predicted molar refractivity (Wildman–Crippen MR) is 54.6 cm³/mol. The average Bonchev–Trinajstić information content (AvgIpc) is 2.24. The number of benzene rings is 1. The molecule has 3 heteroatoms. The van der Waals surface area contributed by atoms with E-state index in [0.717, 1.165) is 0 Å². The number of aryl methyl sites for hydroxylation is 1. The molecule has 0 aliphatic rings. The van der Waals surface area contributed by atoms with Crippen molar-refractivity contribution in [3.05, 3.63) is 58.5 Å². The van der Waals surface area contributed by atoms with Gasteiger partial charge in [-0.2, -0.15) is 9.78 Å². The van der Waals surface area contributed by atoms with Gasteiger partial charge in [0.05, 0.1) is 12.8 Å². The molecule has 0 saturated heterocycles. The molecule has 1 heterocycles. The van der Waals surface area contributed by atoms with Crippen LogP contribution in [0, 0.1) is 6.92 Å².